The van der Waals surface area contributed by atoms with E-state index in [2.05, 4.69) is 68.3 Å². The Labute approximate surface area is 98.2 Å². The summed E-state index contributed by atoms with van der Waals surface area (Å²) in [7, 11) is 8.43. The topological polar surface area (TPSA) is 6.48 Å². The Balaban J connectivity index is 2.56. The maximum absolute atomic E-state index is 2.23. The van der Waals surface area contributed by atoms with Gasteiger partial charge in [0.25, 0.3) is 0 Å². The van der Waals surface area contributed by atoms with E-state index in [-0.39, 0.29) is 0 Å². The number of benzene rings is 1. The zero-order valence-corrected chi connectivity index (χ0v) is 10.5. The lowest BCUT2D eigenvalue weighted by molar-refractivity contribution is 0.433. The van der Waals surface area contributed by atoms with Crippen LogP contribution in [0.4, 0.5) is 5.69 Å². The fourth-order valence-corrected chi connectivity index (χ4v) is 2.19. The Morgan fingerprint density at radius 3 is 2.38 bits per heavy atom. The van der Waals surface area contributed by atoms with Crippen molar-refractivity contribution in [2.45, 2.75) is 6.42 Å². The Hall–Kier alpha value is -1.28. The second kappa shape index (κ2) is 4.30. The number of hydrogen-bond donors (Lipinski definition) is 0. The number of nitrogens with zero attached hydrogens (tertiary/aromatic N) is 2. The first kappa shape index (κ1) is 11.2. The molecule has 0 fully saturated rings. The van der Waals surface area contributed by atoms with Gasteiger partial charge in [0.2, 0.25) is 0 Å². The molecular formula is C14H19N2. The molecule has 0 spiro atoms. The second-order valence-corrected chi connectivity index (χ2v) is 4.58. The van der Waals surface area contributed by atoms with Crippen LogP contribution in [-0.2, 0) is 0 Å². The van der Waals surface area contributed by atoms with Crippen LogP contribution in [0.25, 0.3) is 6.08 Å². The molecule has 0 saturated carbocycles. The van der Waals surface area contributed by atoms with E-state index in [0.717, 1.165) is 6.42 Å². The standard InChI is InChI=1S/C14H19N2/c1-15(2)12-9-5-7-11-8-6-10-13(14(11)12)16(3)4/h5-9H,10H2,1-4H3. The summed E-state index contributed by atoms with van der Waals surface area (Å²) >= 11 is 0. The van der Waals surface area contributed by atoms with Gasteiger partial charge in [-0.15, -0.1) is 0 Å². The van der Waals surface area contributed by atoms with E-state index in [1.165, 1.54) is 22.9 Å². The molecule has 1 aliphatic rings. The Bertz CT molecular complexity index is 405. The fourth-order valence-electron chi connectivity index (χ4n) is 2.19. The van der Waals surface area contributed by atoms with Crippen LogP contribution in [0.3, 0.4) is 0 Å². The maximum atomic E-state index is 2.23. The smallest absolute Gasteiger partial charge is 0.0748 e. The number of fused-ring (bicyclic) bond motifs is 1. The molecule has 2 heteroatoms. The molecule has 0 heterocycles. The minimum Gasteiger partial charge on any atom is -0.377 e. The van der Waals surface area contributed by atoms with Crippen LogP contribution in [-0.4, -0.2) is 33.1 Å². The Kier molecular flexibility index (Phi) is 3.01. The molecule has 85 valence electrons. The van der Waals surface area contributed by atoms with E-state index in [4.69, 9.17) is 0 Å². The van der Waals surface area contributed by atoms with Gasteiger partial charge >= 0.3 is 0 Å². The van der Waals surface area contributed by atoms with Gasteiger partial charge < -0.3 is 4.90 Å². The Morgan fingerprint density at radius 1 is 1.00 bits per heavy atom. The lowest BCUT2D eigenvalue weighted by Crippen LogP contribution is -2.25. The molecular weight excluding hydrogens is 196 g/mol. The fraction of sp³-hybridized carbons (Fsp3) is 0.357. The first-order valence-corrected chi connectivity index (χ1v) is 5.61. The van der Waals surface area contributed by atoms with Gasteiger partial charge in [0.1, 0.15) is 0 Å². The zero-order chi connectivity index (χ0) is 11.7. The molecule has 0 bridgehead atoms. The summed E-state index contributed by atoms with van der Waals surface area (Å²) in [5.41, 5.74) is 3.99. The van der Waals surface area contributed by atoms with Crippen LogP contribution >= 0.6 is 0 Å². The third-order valence-electron chi connectivity index (χ3n) is 2.99. The van der Waals surface area contributed by atoms with Gasteiger partial charge in [-0.2, -0.15) is 0 Å². The van der Waals surface area contributed by atoms with Crippen molar-refractivity contribution in [1.29, 1.82) is 0 Å². The third kappa shape index (κ3) is 1.85. The van der Waals surface area contributed by atoms with Gasteiger partial charge in [-0.1, -0.05) is 24.3 Å². The normalized spacial score (nSPS) is 15.3. The molecule has 0 unspecified atom stereocenters. The molecule has 0 saturated heterocycles. The monoisotopic (exact) mass is 215 g/mol. The summed E-state index contributed by atoms with van der Waals surface area (Å²) in [4.78, 5) is 4.40. The van der Waals surface area contributed by atoms with Crippen molar-refractivity contribution >= 4 is 11.8 Å². The number of hydrogen-bond acceptors (Lipinski definition) is 2. The Morgan fingerprint density at radius 2 is 1.75 bits per heavy atom. The molecule has 1 aliphatic carbocycles. The predicted molar refractivity (Wildman–Crippen MR) is 70.5 cm³/mol. The lowest BCUT2D eigenvalue weighted by Gasteiger charge is -2.31. The molecule has 0 aliphatic heterocycles. The highest BCUT2D eigenvalue weighted by Gasteiger charge is 2.23. The molecule has 0 N–H and O–H groups in total. The summed E-state index contributed by atoms with van der Waals surface area (Å²) in [6.07, 6.45) is 5.47. The molecule has 2 rings (SSSR count). The van der Waals surface area contributed by atoms with E-state index in [1.54, 1.807) is 0 Å². The summed E-state index contributed by atoms with van der Waals surface area (Å²) < 4.78 is 0. The van der Waals surface area contributed by atoms with E-state index in [1.807, 2.05) is 0 Å². The van der Waals surface area contributed by atoms with Crippen molar-refractivity contribution in [2.24, 2.45) is 0 Å². The van der Waals surface area contributed by atoms with Gasteiger partial charge in [-0.05, 0) is 32.1 Å². The zero-order valence-electron chi connectivity index (χ0n) is 10.5. The van der Waals surface area contributed by atoms with Crippen molar-refractivity contribution in [3.63, 3.8) is 0 Å². The van der Waals surface area contributed by atoms with Crippen LogP contribution in [0.5, 0.6) is 0 Å². The van der Waals surface area contributed by atoms with E-state index in [9.17, 15) is 0 Å². The van der Waals surface area contributed by atoms with Crippen LogP contribution < -0.4 is 4.90 Å². The predicted octanol–water partition coefficient (Wildman–Crippen LogP) is 2.61. The van der Waals surface area contributed by atoms with Crippen LogP contribution in [0.1, 0.15) is 17.5 Å². The van der Waals surface area contributed by atoms with Gasteiger partial charge in [-0.3, -0.25) is 4.90 Å². The summed E-state index contributed by atoms with van der Waals surface area (Å²) in [6, 6.07) is 7.88. The van der Waals surface area contributed by atoms with Crippen molar-refractivity contribution in [2.75, 3.05) is 33.1 Å². The molecule has 2 nitrogen and oxygen atoms in total. The molecule has 1 aromatic rings. The van der Waals surface area contributed by atoms with Gasteiger partial charge in [0.05, 0.1) is 6.04 Å². The quantitative estimate of drug-likeness (QED) is 0.748. The number of rotatable bonds is 2. The van der Waals surface area contributed by atoms with Crippen LogP contribution in [0.15, 0.2) is 24.3 Å². The molecule has 16 heavy (non-hydrogen) atoms. The molecule has 0 aromatic heterocycles. The van der Waals surface area contributed by atoms with Crippen molar-refractivity contribution in [3.05, 3.63) is 41.4 Å². The first-order valence-electron chi connectivity index (χ1n) is 5.61. The molecule has 0 amide bonds. The van der Waals surface area contributed by atoms with Crippen molar-refractivity contribution < 1.29 is 0 Å². The van der Waals surface area contributed by atoms with E-state index < -0.39 is 0 Å². The average molecular weight is 215 g/mol. The highest BCUT2D eigenvalue weighted by Crippen LogP contribution is 2.36. The third-order valence-corrected chi connectivity index (χ3v) is 2.99. The largest absolute Gasteiger partial charge is 0.377 e. The minimum atomic E-state index is 1.02. The minimum absolute atomic E-state index is 1.02. The number of anilines is 1. The van der Waals surface area contributed by atoms with Gasteiger partial charge in [-0.25, -0.2) is 0 Å². The summed E-state index contributed by atoms with van der Waals surface area (Å²) in [5.74, 6) is 0. The van der Waals surface area contributed by atoms with E-state index in [0.29, 0.717) is 0 Å². The van der Waals surface area contributed by atoms with Gasteiger partial charge in [0.15, 0.2) is 0 Å². The SMILES string of the molecule is CN(C)[C]1CC=Cc2cccc(N(C)C)c21. The summed E-state index contributed by atoms with van der Waals surface area (Å²) in [5, 5.41) is 0. The van der Waals surface area contributed by atoms with Crippen molar-refractivity contribution in [1.82, 2.24) is 4.90 Å². The summed E-state index contributed by atoms with van der Waals surface area (Å²) in [6.45, 7) is 0. The second-order valence-electron chi connectivity index (χ2n) is 4.58. The lowest BCUT2D eigenvalue weighted by atomic mass is 9.90. The maximum Gasteiger partial charge on any atom is 0.0748 e. The average Bonchev–Trinajstić information content (AvgIpc) is 2.27. The molecule has 1 aromatic carbocycles. The molecule has 1 radical (unpaired) electrons. The van der Waals surface area contributed by atoms with Crippen molar-refractivity contribution in [3.8, 4) is 0 Å². The first-order chi connectivity index (χ1) is 7.61. The highest BCUT2D eigenvalue weighted by molar-refractivity contribution is 5.71. The van der Waals surface area contributed by atoms with Crippen LogP contribution in [0.2, 0.25) is 0 Å². The van der Waals surface area contributed by atoms with Crippen LogP contribution in [0, 0.1) is 6.04 Å². The van der Waals surface area contributed by atoms with Gasteiger partial charge in [0, 0.05) is 25.3 Å². The highest BCUT2D eigenvalue weighted by atomic mass is 15.1. The molecule has 0 atom stereocenters. The van der Waals surface area contributed by atoms with E-state index >= 15 is 0 Å².